The third-order valence-corrected chi connectivity index (χ3v) is 2.37. The van der Waals surface area contributed by atoms with Crippen molar-refractivity contribution in [3.8, 4) is 0 Å². The van der Waals surface area contributed by atoms with Gasteiger partial charge in [-0.25, -0.2) is 0 Å². The predicted octanol–water partition coefficient (Wildman–Crippen LogP) is 0.804. The molecular formula is C12H8N4O2. The van der Waals surface area contributed by atoms with E-state index in [4.69, 9.17) is 9.05 Å². The number of fused-ring (bicyclic) bond motifs is 1. The quantitative estimate of drug-likeness (QED) is 0.619. The molecule has 0 saturated heterocycles. The van der Waals surface area contributed by atoms with Gasteiger partial charge in [-0.15, -0.1) is 0 Å². The summed E-state index contributed by atoms with van der Waals surface area (Å²) < 4.78 is 9.83. The SMILES string of the molecule is C=c1cno/c1=C/C=N\c1cncc2conc12. The Bertz CT molecular complexity index is 816. The molecule has 0 amide bonds. The van der Waals surface area contributed by atoms with E-state index in [1.54, 1.807) is 30.9 Å². The molecule has 0 saturated carbocycles. The van der Waals surface area contributed by atoms with Crippen LogP contribution in [0.4, 0.5) is 5.69 Å². The van der Waals surface area contributed by atoms with Crippen LogP contribution < -0.4 is 10.6 Å². The Morgan fingerprint density at radius 2 is 2.22 bits per heavy atom. The molecule has 0 bridgehead atoms. The second-order valence-electron chi connectivity index (χ2n) is 3.57. The van der Waals surface area contributed by atoms with Crippen LogP contribution in [0.5, 0.6) is 0 Å². The number of nitrogens with zero attached hydrogens (tertiary/aromatic N) is 4. The van der Waals surface area contributed by atoms with E-state index in [-0.39, 0.29) is 0 Å². The Labute approximate surface area is 101 Å². The van der Waals surface area contributed by atoms with Gasteiger partial charge >= 0.3 is 0 Å². The van der Waals surface area contributed by atoms with Gasteiger partial charge < -0.3 is 9.05 Å². The highest BCUT2D eigenvalue weighted by molar-refractivity contribution is 5.95. The monoisotopic (exact) mass is 240 g/mol. The number of aliphatic imine (C=N–C) groups is 1. The second kappa shape index (κ2) is 4.25. The van der Waals surface area contributed by atoms with Crippen LogP contribution in [0.2, 0.25) is 0 Å². The summed E-state index contributed by atoms with van der Waals surface area (Å²) in [6.45, 7) is 3.76. The molecule has 0 aliphatic carbocycles. The van der Waals surface area contributed by atoms with Crippen molar-refractivity contribution in [1.82, 2.24) is 15.3 Å². The highest BCUT2D eigenvalue weighted by Gasteiger charge is 2.02. The van der Waals surface area contributed by atoms with Gasteiger partial charge in [0.05, 0.1) is 17.8 Å². The molecule has 6 heteroatoms. The molecule has 0 radical (unpaired) electrons. The van der Waals surface area contributed by atoms with Crippen molar-refractivity contribution >= 4 is 35.5 Å². The van der Waals surface area contributed by atoms with E-state index in [0.29, 0.717) is 21.8 Å². The van der Waals surface area contributed by atoms with E-state index in [2.05, 4.69) is 26.9 Å². The molecular weight excluding hydrogens is 232 g/mol. The smallest absolute Gasteiger partial charge is 0.167 e. The van der Waals surface area contributed by atoms with Crippen LogP contribution >= 0.6 is 0 Å². The first-order valence-corrected chi connectivity index (χ1v) is 5.17. The van der Waals surface area contributed by atoms with Gasteiger partial charge in [0.1, 0.15) is 17.5 Å². The Balaban J connectivity index is 2.00. The second-order valence-corrected chi connectivity index (χ2v) is 3.57. The van der Waals surface area contributed by atoms with Crippen molar-refractivity contribution in [2.75, 3.05) is 0 Å². The van der Waals surface area contributed by atoms with E-state index in [1.807, 2.05) is 0 Å². The molecule has 0 fully saturated rings. The molecule has 88 valence electrons. The summed E-state index contributed by atoms with van der Waals surface area (Å²) in [6, 6.07) is 0. The summed E-state index contributed by atoms with van der Waals surface area (Å²) in [5.41, 5.74) is 1.86. The van der Waals surface area contributed by atoms with Crippen molar-refractivity contribution in [2.45, 2.75) is 0 Å². The van der Waals surface area contributed by atoms with Crippen LogP contribution in [0.3, 0.4) is 0 Å². The van der Waals surface area contributed by atoms with Gasteiger partial charge in [0.2, 0.25) is 0 Å². The fourth-order valence-electron chi connectivity index (χ4n) is 1.47. The van der Waals surface area contributed by atoms with Crippen molar-refractivity contribution in [2.24, 2.45) is 4.99 Å². The highest BCUT2D eigenvalue weighted by atomic mass is 16.5. The minimum absolute atomic E-state index is 0.569. The first-order valence-electron chi connectivity index (χ1n) is 5.17. The summed E-state index contributed by atoms with van der Waals surface area (Å²) in [4.78, 5) is 8.28. The van der Waals surface area contributed by atoms with Gasteiger partial charge in [-0.3, -0.25) is 9.98 Å². The first kappa shape index (κ1) is 10.4. The molecule has 0 unspecified atom stereocenters. The van der Waals surface area contributed by atoms with Crippen LogP contribution in [-0.2, 0) is 0 Å². The minimum Gasteiger partial charge on any atom is -0.363 e. The maximum Gasteiger partial charge on any atom is 0.167 e. The fourth-order valence-corrected chi connectivity index (χ4v) is 1.47. The summed E-state index contributed by atoms with van der Waals surface area (Å²) in [6.07, 6.45) is 9.60. The highest BCUT2D eigenvalue weighted by Crippen LogP contribution is 2.22. The summed E-state index contributed by atoms with van der Waals surface area (Å²) in [5, 5.41) is 9.00. The lowest BCUT2D eigenvalue weighted by Gasteiger charge is -1.90. The summed E-state index contributed by atoms with van der Waals surface area (Å²) in [5.74, 6) is 0. The number of rotatable bonds is 2. The molecule has 3 aromatic heterocycles. The zero-order valence-electron chi connectivity index (χ0n) is 9.28. The largest absolute Gasteiger partial charge is 0.363 e. The van der Waals surface area contributed by atoms with Gasteiger partial charge in [-0.05, 0) is 0 Å². The number of aromatic nitrogens is 3. The van der Waals surface area contributed by atoms with Gasteiger partial charge in [-0.1, -0.05) is 16.9 Å². The van der Waals surface area contributed by atoms with Gasteiger partial charge in [-0.2, -0.15) is 0 Å². The normalized spacial score (nSPS) is 12.8. The molecule has 18 heavy (non-hydrogen) atoms. The molecule has 3 rings (SSSR count). The third-order valence-electron chi connectivity index (χ3n) is 2.37. The van der Waals surface area contributed by atoms with Crippen molar-refractivity contribution < 1.29 is 9.05 Å². The minimum atomic E-state index is 0.569. The molecule has 3 heterocycles. The van der Waals surface area contributed by atoms with Crippen molar-refractivity contribution in [3.05, 3.63) is 35.5 Å². The van der Waals surface area contributed by atoms with E-state index >= 15 is 0 Å². The molecule has 0 atom stereocenters. The summed E-state index contributed by atoms with van der Waals surface area (Å²) in [7, 11) is 0. The zero-order valence-corrected chi connectivity index (χ0v) is 9.28. The van der Waals surface area contributed by atoms with Crippen LogP contribution in [0.15, 0.2) is 38.9 Å². The van der Waals surface area contributed by atoms with Crippen LogP contribution in [0.25, 0.3) is 23.6 Å². The van der Waals surface area contributed by atoms with E-state index < -0.39 is 0 Å². The number of hydrogen-bond acceptors (Lipinski definition) is 6. The fraction of sp³-hybridized carbons (Fsp3) is 0. The third kappa shape index (κ3) is 1.80. The topological polar surface area (TPSA) is 77.3 Å². The van der Waals surface area contributed by atoms with Gasteiger partial charge in [0.15, 0.2) is 5.42 Å². The number of pyridine rings is 1. The Morgan fingerprint density at radius 1 is 1.28 bits per heavy atom. The Hall–Kier alpha value is -2.76. The van der Waals surface area contributed by atoms with E-state index in [1.165, 1.54) is 6.26 Å². The Kier molecular flexibility index (Phi) is 2.45. The van der Waals surface area contributed by atoms with Crippen LogP contribution in [0, 0.1) is 0 Å². The van der Waals surface area contributed by atoms with Crippen molar-refractivity contribution in [1.29, 1.82) is 0 Å². The van der Waals surface area contributed by atoms with Gasteiger partial charge in [0, 0.05) is 23.7 Å². The first-order chi connectivity index (χ1) is 8.84. The zero-order chi connectivity index (χ0) is 12.4. The predicted molar refractivity (Wildman–Crippen MR) is 65.7 cm³/mol. The van der Waals surface area contributed by atoms with Gasteiger partial charge in [0.25, 0.3) is 0 Å². The molecule has 0 aliphatic rings. The van der Waals surface area contributed by atoms with Crippen LogP contribution in [-0.4, -0.2) is 21.5 Å². The number of hydrogen-bond donors (Lipinski definition) is 0. The maximum absolute atomic E-state index is 4.97. The molecule has 6 nitrogen and oxygen atoms in total. The maximum atomic E-state index is 4.97. The molecule has 0 aliphatic heterocycles. The lowest BCUT2D eigenvalue weighted by Crippen LogP contribution is -2.16. The molecule has 0 aromatic carbocycles. The average Bonchev–Trinajstić information content (AvgIpc) is 2.99. The van der Waals surface area contributed by atoms with E-state index in [9.17, 15) is 0 Å². The molecule has 0 N–H and O–H groups in total. The van der Waals surface area contributed by atoms with Crippen LogP contribution in [0.1, 0.15) is 0 Å². The lowest BCUT2D eigenvalue weighted by atomic mass is 10.3. The lowest BCUT2D eigenvalue weighted by molar-refractivity contribution is 0.394. The summed E-state index contributed by atoms with van der Waals surface area (Å²) >= 11 is 0. The molecule has 0 spiro atoms. The van der Waals surface area contributed by atoms with Crippen molar-refractivity contribution in [3.63, 3.8) is 0 Å². The van der Waals surface area contributed by atoms with E-state index in [0.717, 1.165) is 5.39 Å². The molecule has 3 aromatic rings. The Morgan fingerprint density at radius 3 is 3.06 bits per heavy atom. The average molecular weight is 240 g/mol. The standard InChI is InChI=1S/C12H8N4O2/c1-8-4-15-18-11(8)2-3-14-10-6-13-5-9-7-17-16-12(9)10/h2-7H,1H2/b11-2+,14-3-.